The van der Waals surface area contributed by atoms with Crippen molar-refractivity contribution in [3.63, 3.8) is 0 Å². The van der Waals surface area contributed by atoms with Gasteiger partial charge in [-0.25, -0.2) is 0 Å². The highest BCUT2D eigenvalue weighted by atomic mass is 35.5. The van der Waals surface area contributed by atoms with Crippen LogP contribution in [0.25, 0.3) is 10.9 Å². The highest BCUT2D eigenvalue weighted by Crippen LogP contribution is 2.19. The van der Waals surface area contributed by atoms with Crippen LogP contribution in [0.2, 0.25) is 0 Å². The van der Waals surface area contributed by atoms with Crippen LogP contribution in [0.5, 0.6) is 0 Å². The molecule has 82 valence electrons. The van der Waals surface area contributed by atoms with Gasteiger partial charge in [0.05, 0.1) is 4.90 Å². The summed E-state index contributed by atoms with van der Waals surface area (Å²) in [5.41, 5.74) is 0.928. The molecule has 6 heteroatoms. The van der Waals surface area contributed by atoms with E-state index in [0.717, 1.165) is 10.9 Å². The quantitative estimate of drug-likeness (QED) is 0.783. The molecule has 1 heterocycles. The summed E-state index contributed by atoms with van der Waals surface area (Å²) in [6.07, 6.45) is 1.83. The molecule has 2 aromatic rings. The number of hydrogen-bond acceptors (Lipinski definition) is 2. The van der Waals surface area contributed by atoms with Crippen LogP contribution in [0.4, 0.5) is 0 Å². The van der Waals surface area contributed by atoms with E-state index in [1.165, 1.54) is 12.1 Å². The minimum absolute atomic E-state index is 0. The SMILES string of the molecule is Cl.Cn1ccc2cc(S(=O)(=O)O)ccc21. The Bertz CT molecular complexity index is 588. The molecule has 0 radical (unpaired) electrons. The Balaban J connectivity index is 0.00000112. The molecule has 0 saturated heterocycles. The Labute approximate surface area is 93.7 Å². The summed E-state index contributed by atoms with van der Waals surface area (Å²) in [5.74, 6) is 0. The molecule has 0 atom stereocenters. The molecule has 0 aliphatic carbocycles. The third-order valence-corrected chi connectivity index (χ3v) is 3.00. The molecule has 0 aliphatic heterocycles. The molecule has 0 aliphatic rings. The van der Waals surface area contributed by atoms with E-state index < -0.39 is 10.1 Å². The first-order valence-corrected chi connectivity index (χ1v) is 5.45. The lowest BCUT2D eigenvalue weighted by Crippen LogP contribution is -1.97. The smallest absolute Gasteiger partial charge is 0.294 e. The van der Waals surface area contributed by atoms with Crippen LogP contribution < -0.4 is 0 Å². The summed E-state index contributed by atoms with van der Waals surface area (Å²) in [6.45, 7) is 0. The molecule has 1 aromatic carbocycles. The Morgan fingerprint density at radius 2 is 1.93 bits per heavy atom. The van der Waals surface area contributed by atoms with E-state index >= 15 is 0 Å². The van der Waals surface area contributed by atoms with Gasteiger partial charge in [0.1, 0.15) is 0 Å². The fraction of sp³-hybridized carbons (Fsp3) is 0.111. The highest BCUT2D eigenvalue weighted by molar-refractivity contribution is 7.85. The molecule has 0 spiro atoms. The van der Waals surface area contributed by atoms with Gasteiger partial charge in [-0.05, 0) is 24.3 Å². The first kappa shape index (κ1) is 12.0. The van der Waals surface area contributed by atoms with E-state index in [1.54, 1.807) is 12.1 Å². The standard InChI is InChI=1S/C9H9NO3S.ClH/c1-10-5-4-7-6-8(14(11,12)13)2-3-9(7)10;/h2-6H,1H3,(H,11,12,13);1H. The average molecular weight is 248 g/mol. The van der Waals surface area contributed by atoms with Crippen molar-refractivity contribution in [2.24, 2.45) is 7.05 Å². The van der Waals surface area contributed by atoms with Gasteiger partial charge in [-0.1, -0.05) is 0 Å². The van der Waals surface area contributed by atoms with Gasteiger partial charge < -0.3 is 4.57 Å². The summed E-state index contributed by atoms with van der Waals surface area (Å²) in [6, 6.07) is 6.30. The van der Waals surface area contributed by atoms with Gasteiger partial charge >= 0.3 is 0 Å². The molecule has 0 saturated carbocycles. The molecular weight excluding hydrogens is 238 g/mol. The topological polar surface area (TPSA) is 59.3 Å². The lowest BCUT2D eigenvalue weighted by molar-refractivity contribution is 0.483. The van der Waals surface area contributed by atoms with Crippen molar-refractivity contribution in [1.82, 2.24) is 4.57 Å². The van der Waals surface area contributed by atoms with Gasteiger partial charge in [-0.3, -0.25) is 4.55 Å². The van der Waals surface area contributed by atoms with E-state index in [9.17, 15) is 8.42 Å². The van der Waals surface area contributed by atoms with Crippen LogP contribution in [-0.4, -0.2) is 17.5 Å². The molecule has 1 N–H and O–H groups in total. The van der Waals surface area contributed by atoms with Gasteiger partial charge in [0.25, 0.3) is 10.1 Å². The van der Waals surface area contributed by atoms with Crippen molar-refractivity contribution in [3.8, 4) is 0 Å². The molecule has 0 unspecified atom stereocenters. The average Bonchev–Trinajstić information content (AvgIpc) is 2.46. The van der Waals surface area contributed by atoms with Crippen molar-refractivity contribution in [2.75, 3.05) is 0 Å². The predicted molar refractivity (Wildman–Crippen MR) is 60.0 cm³/mol. The second kappa shape index (κ2) is 3.84. The minimum Gasteiger partial charge on any atom is -0.351 e. The summed E-state index contributed by atoms with van der Waals surface area (Å²) in [4.78, 5) is -0.0730. The first-order chi connectivity index (χ1) is 6.48. The van der Waals surface area contributed by atoms with Gasteiger partial charge in [0, 0.05) is 24.1 Å². The summed E-state index contributed by atoms with van der Waals surface area (Å²) in [7, 11) is -2.22. The molecule has 0 amide bonds. The maximum atomic E-state index is 10.8. The van der Waals surface area contributed by atoms with Crippen LogP contribution in [0.15, 0.2) is 35.4 Å². The highest BCUT2D eigenvalue weighted by Gasteiger charge is 2.10. The summed E-state index contributed by atoms with van der Waals surface area (Å²) >= 11 is 0. The van der Waals surface area contributed by atoms with Crippen molar-refractivity contribution in [2.45, 2.75) is 4.90 Å². The first-order valence-electron chi connectivity index (χ1n) is 4.01. The summed E-state index contributed by atoms with van der Waals surface area (Å²) < 4.78 is 32.4. The van der Waals surface area contributed by atoms with Gasteiger partial charge in [-0.15, -0.1) is 12.4 Å². The Morgan fingerprint density at radius 1 is 1.27 bits per heavy atom. The van der Waals surface area contributed by atoms with Crippen LogP contribution in [-0.2, 0) is 17.2 Å². The van der Waals surface area contributed by atoms with Crippen molar-refractivity contribution in [1.29, 1.82) is 0 Å². The lowest BCUT2D eigenvalue weighted by atomic mass is 10.2. The Kier molecular flexibility index (Phi) is 3.08. The number of hydrogen-bond donors (Lipinski definition) is 1. The van der Waals surface area contributed by atoms with Crippen molar-refractivity contribution in [3.05, 3.63) is 30.5 Å². The van der Waals surface area contributed by atoms with E-state index in [2.05, 4.69) is 0 Å². The van der Waals surface area contributed by atoms with E-state index in [4.69, 9.17) is 4.55 Å². The molecule has 1 aromatic heterocycles. The third-order valence-electron chi connectivity index (χ3n) is 2.15. The number of nitrogens with zero attached hydrogens (tertiary/aromatic N) is 1. The van der Waals surface area contributed by atoms with Crippen LogP contribution in [0.3, 0.4) is 0 Å². The van der Waals surface area contributed by atoms with Crippen LogP contribution >= 0.6 is 12.4 Å². The third kappa shape index (κ3) is 2.14. The number of aryl methyl sites for hydroxylation is 1. The Hall–Kier alpha value is -1.04. The van der Waals surface area contributed by atoms with Crippen LogP contribution in [0.1, 0.15) is 0 Å². The van der Waals surface area contributed by atoms with E-state index in [-0.39, 0.29) is 17.3 Å². The normalized spacial score (nSPS) is 11.3. The Morgan fingerprint density at radius 3 is 2.53 bits per heavy atom. The molecule has 15 heavy (non-hydrogen) atoms. The van der Waals surface area contributed by atoms with Crippen molar-refractivity contribution < 1.29 is 13.0 Å². The lowest BCUT2D eigenvalue weighted by Gasteiger charge is -1.98. The number of rotatable bonds is 1. The number of fused-ring (bicyclic) bond motifs is 1. The number of benzene rings is 1. The molecule has 0 bridgehead atoms. The zero-order valence-corrected chi connectivity index (χ0v) is 9.55. The zero-order valence-electron chi connectivity index (χ0n) is 7.91. The zero-order chi connectivity index (χ0) is 10.3. The van der Waals surface area contributed by atoms with Crippen LogP contribution in [0, 0.1) is 0 Å². The number of halogens is 1. The second-order valence-electron chi connectivity index (χ2n) is 3.12. The van der Waals surface area contributed by atoms with Gasteiger partial charge in [0.2, 0.25) is 0 Å². The molecule has 4 nitrogen and oxygen atoms in total. The predicted octanol–water partition coefficient (Wildman–Crippen LogP) is 1.85. The number of aromatic nitrogens is 1. The van der Waals surface area contributed by atoms with E-state index in [1.807, 2.05) is 17.8 Å². The molecule has 0 fully saturated rings. The van der Waals surface area contributed by atoms with Gasteiger partial charge in [-0.2, -0.15) is 8.42 Å². The minimum atomic E-state index is -4.09. The summed E-state index contributed by atoms with van der Waals surface area (Å²) in [5, 5.41) is 0.794. The second-order valence-corrected chi connectivity index (χ2v) is 4.54. The molecule has 2 rings (SSSR count). The maximum Gasteiger partial charge on any atom is 0.294 e. The largest absolute Gasteiger partial charge is 0.351 e. The fourth-order valence-corrected chi connectivity index (χ4v) is 1.94. The van der Waals surface area contributed by atoms with Crippen molar-refractivity contribution >= 4 is 33.4 Å². The maximum absolute atomic E-state index is 10.8. The monoisotopic (exact) mass is 247 g/mol. The fourth-order valence-electron chi connectivity index (χ4n) is 1.42. The van der Waals surface area contributed by atoms with E-state index in [0.29, 0.717) is 0 Å². The van der Waals surface area contributed by atoms with Gasteiger partial charge in [0.15, 0.2) is 0 Å². The molecular formula is C9H10ClNO3S.